The first-order chi connectivity index (χ1) is 10.4. The first kappa shape index (κ1) is 14.5. The molecule has 7 heteroatoms. The molecule has 0 amide bonds. The predicted molar refractivity (Wildman–Crippen MR) is 73.6 cm³/mol. The highest BCUT2D eigenvalue weighted by atomic mass is 19.3. The SMILES string of the molecule is CCOC(=O)c1cc2n(n1)-c1cc(C)ccc1OCC2(F)F. The number of fused-ring (bicyclic) bond motifs is 3. The van der Waals surface area contributed by atoms with E-state index in [9.17, 15) is 13.6 Å². The molecule has 2 heterocycles. The minimum atomic E-state index is -3.26. The molecule has 1 aromatic carbocycles. The van der Waals surface area contributed by atoms with Gasteiger partial charge in [0, 0.05) is 6.07 Å². The van der Waals surface area contributed by atoms with Gasteiger partial charge in [0.25, 0.3) is 0 Å². The maximum atomic E-state index is 14.2. The Morgan fingerprint density at radius 3 is 2.95 bits per heavy atom. The number of benzene rings is 1. The van der Waals surface area contributed by atoms with Crippen molar-refractivity contribution in [2.75, 3.05) is 13.2 Å². The van der Waals surface area contributed by atoms with E-state index >= 15 is 0 Å². The van der Waals surface area contributed by atoms with Crippen LogP contribution in [0.25, 0.3) is 5.69 Å². The van der Waals surface area contributed by atoms with Crippen molar-refractivity contribution in [2.24, 2.45) is 0 Å². The minimum absolute atomic E-state index is 0.147. The Morgan fingerprint density at radius 1 is 1.45 bits per heavy atom. The fraction of sp³-hybridized carbons (Fsp3) is 0.333. The molecular formula is C15H14F2N2O3. The summed E-state index contributed by atoms with van der Waals surface area (Å²) in [6.07, 6.45) is 0. The molecule has 0 saturated carbocycles. The molecule has 1 aliphatic rings. The van der Waals surface area contributed by atoms with Gasteiger partial charge in [-0.3, -0.25) is 0 Å². The van der Waals surface area contributed by atoms with Gasteiger partial charge in [0.2, 0.25) is 0 Å². The molecule has 3 rings (SSSR count). The predicted octanol–water partition coefficient (Wildman–Crippen LogP) is 2.84. The van der Waals surface area contributed by atoms with E-state index in [2.05, 4.69) is 5.10 Å². The number of carbonyl (C=O) groups is 1. The van der Waals surface area contributed by atoms with Gasteiger partial charge in [0.15, 0.2) is 12.3 Å². The lowest BCUT2D eigenvalue weighted by Crippen LogP contribution is -2.23. The highest BCUT2D eigenvalue weighted by Crippen LogP contribution is 2.37. The molecule has 0 aliphatic carbocycles. The number of hydrogen-bond acceptors (Lipinski definition) is 4. The Hall–Kier alpha value is -2.44. The zero-order chi connectivity index (χ0) is 15.9. The summed E-state index contributed by atoms with van der Waals surface area (Å²) in [6.45, 7) is 2.81. The van der Waals surface area contributed by atoms with Crippen molar-refractivity contribution in [1.82, 2.24) is 9.78 Å². The van der Waals surface area contributed by atoms with Crippen LogP contribution in [0.2, 0.25) is 0 Å². The Balaban J connectivity index is 2.19. The second-order valence-corrected chi connectivity index (χ2v) is 5.01. The molecule has 1 aromatic heterocycles. The van der Waals surface area contributed by atoms with E-state index < -0.39 is 18.5 Å². The molecular weight excluding hydrogens is 294 g/mol. The van der Waals surface area contributed by atoms with Crippen LogP contribution in [0.15, 0.2) is 24.3 Å². The lowest BCUT2D eigenvalue weighted by atomic mass is 10.2. The van der Waals surface area contributed by atoms with Gasteiger partial charge in [-0.2, -0.15) is 13.9 Å². The fourth-order valence-corrected chi connectivity index (χ4v) is 2.29. The first-order valence-corrected chi connectivity index (χ1v) is 6.81. The monoisotopic (exact) mass is 308 g/mol. The zero-order valence-electron chi connectivity index (χ0n) is 12.1. The van der Waals surface area contributed by atoms with Crippen LogP contribution in [0.3, 0.4) is 0 Å². The Morgan fingerprint density at radius 2 is 2.23 bits per heavy atom. The number of nitrogens with zero attached hydrogens (tertiary/aromatic N) is 2. The summed E-state index contributed by atoms with van der Waals surface area (Å²) < 4.78 is 39.6. The molecule has 0 saturated heterocycles. The van der Waals surface area contributed by atoms with E-state index in [1.54, 1.807) is 25.1 Å². The van der Waals surface area contributed by atoms with Crippen LogP contribution >= 0.6 is 0 Å². The molecule has 0 bridgehead atoms. The van der Waals surface area contributed by atoms with Crippen molar-refractivity contribution in [3.8, 4) is 11.4 Å². The molecule has 0 radical (unpaired) electrons. The van der Waals surface area contributed by atoms with Crippen molar-refractivity contribution < 1.29 is 23.0 Å². The number of rotatable bonds is 2. The molecule has 0 fully saturated rings. The highest BCUT2D eigenvalue weighted by Gasteiger charge is 2.41. The highest BCUT2D eigenvalue weighted by molar-refractivity contribution is 5.87. The van der Waals surface area contributed by atoms with E-state index in [-0.39, 0.29) is 18.0 Å². The lowest BCUT2D eigenvalue weighted by molar-refractivity contribution is -0.0487. The van der Waals surface area contributed by atoms with Gasteiger partial charge < -0.3 is 9.47 Å². The van der Waals surface area contributed by atoms with Gasteiger partial charge in [-0.15, -0.1) is 0 Å². The summed E-state index contributed by atoms with van der Waals surface area (Å²) in [4.78, 5) is 11.8. The van der Waals surface area contributed by atoms with E-state index in [1.807, 2.05) is 6.92 Å². The average molecular weight is 308 g/mol. The Labute approximate surface area is 125 Å². The molecule has 5 nitrogen and oxygen atoms in total. The van der Waals surface area contributed by atoms with Gasteiger partial charge in [0.1, 0.15) is 17.1 Å². The van der Waals surface area contributed by atoms with Crippen LogP contribution in [0, 0.1) is 6.92 Å². The average Bonchev–Trinajstić information content (AvgIpc) is 2.88. The summed E-state index contributed by atoms with van der Waals surface area (Å²) in [6, 6.07) is 6.11. The van der Waals surface area contributed by atoms with Crippen molar-refractivity contribution >= 4 is 5.97 Å². The lowest BCUT2D eigenvalue weighted by Gasteiger charge is -2.12. The van der Waals surface area contributed by atoms with Crippen LogP contribution in [0.4, 0.5) is 8.78 Å². The number of aryl methyl sites for hydroxylation is 1. The van der Waals surface area contributed by atoms with Gasteiger partial charge in [-0.05, 0) is 31.5 Å². The third-order valence-corrected chi connectivity index (χ3v) is 3.32. The summed E-state index contributed by atoms with van der Waals surface area (Å²) >= 11 is 0. The number of hydrogen-bond donors (Lipinski definition) is 0. The van der Waals surface area contributed by atoms with Crippen LogP contribution in [0.1, 0.15) is 28.7 Å². The third kappa shape index (κ3) is 2.32. The van der Waals surface area contributed by atoms with Gasteiger partial charge in [-0.25, -0.2) is 9.48 Å². The summed E-state index contributed by atoms with van der Waals surface area (Å²) in [5, 5.41) is 3.99. The Bertz CT molecular complexity index is 740. The number of esters is 1. The third-order valence-electron chi connectivity index (χ3n) is 3.32. The van der Waals surface area contributed by atoms with Crippen molar-refractivity contribution in [3.05, 3.63) is 41.2 Å². The smallest absolute Gasteiger partial charge is 0.358 e. The first-order valence-electron chi connectivity index (χ1n) is 6.81. The van der Waals surface area contributed by atoms with E-state index in [1.165, 1.54) is 0 Å². The van der Waals surface area contributed by atoms with E-state index in [4.69, 9.17) is 9.47 Å². The normalized spacial score (nSPS) is 15.3. The molecule has 2 aromatic rings. The topological polar surface area (TPSA) is 53.4 Å². The quantitative estimate of drug-likeness (QED) is 0.801. The van der Waals surface area contributed by atoms with Crippen LogP contribution in [-0.2, 0) is 10.7 Å². The minimum Gasteiger partial charge on any atom is -0.485 e. The van der Waals surface area contributed by atoms with E-state index in [0.29, 0.717) is 11.4 Å². The number of ether oxygens (including phenoxy) is 2. The Kier molecular flexibility index (Phi) is 3.35. The van der Waals surface area contributed by atoms with Crippen LogP contribution in [-0.4, -0.2) is 29.0 Å². The molecule has 0 unspecified atom stereocenters. The van der Waals surface area contributed by atoms with Crippen LogP contribution in [0.5, 0.6) is 5.75 Å². The zero-order valence-corrected chi connectivity index (χ0v) is 12.1. The van der Waals surface area contributed by atoms with Crippen molar-refractivity contribution in [1.29, 1.82) is 0 Å². The van der Waals surface area contributed by atoms with Crippen molar-refractivity contribution in [3.63, 3.8) is 0 Å². The molecule has 1 aliphatic heterocycles. The second kappa shape index (κ2) is 5.08. The number of halogens is 2. The maximum absolute atomic E-state index is 14.2. The largest absolute Gasteiger partial charge is 0.485 e. The van der Waals surface area contributed by atoms with Crippen molar-refractivity contribution in [2.45, 2.75) is 19.8 Å². The maximum Gasteiger partial charge on any atom is 0.358 e. The molecule has 0 N–H and O–H groups in total. The second-order valence-electron chi connectivity index (χ2n) is 5.01. The molecule has 0 atom stereocenters. The molecule has 116 valence electrons. The van der Waals surface area contributed by atoms with E-state index in [0.717, 1.165) is 16.3 Å². The van der Waals surface area contributed by atoms with Gasteiger partial charge in [-0.1, -0.05) is 6.07 Å². The summed E-state index contributed by atoms with van der Waals surface area (Å²) in [5.74, 6) is -3.69. The van der Waals surface area contributed by atoms with Crippen LogP contribution < -0.4 is 4.74 Å². The number of carbonyl (C=O) groups excluding carboxylic acids is 1. The standard InChI is InChI=1S/C15H14F2N2O3/c1-3-21-14(20)10-7-13-15(16,17)8-22-12-5-4-9(2)6-11(12)19(13)18-10/h4-7H,3,8H2,1-2H3. The summed E-state index contributed by atoms with van der Waals surface area (Å²) in [7, 11) is 0. The van der Waals surface area contributed by atoms with Gasteiger partial charge in [0.05, 0.1) is 6.61 Å². The molecule has 22 heavy (non-hydrogen) atoms. The molecule has 0 spiro atoms. The van der Waals surface area contributed by atoms with Gasteiger partial charge >= 0.3 is 11.9 Å². The summed E-state index contributed by atoms with van der Waals surface area (Å²) in [5.41, 5.74) is 0.709. The number of aromatic nitrogens is 2. The fourth-order valence-electron chi connectivity index (χ4n) is 2.29. The number of alkyl halides is 2.